The molecule has 1 aromatic rings. The second-order valence-electron chi connectivity index (χ2n) is 5.41. The standard InChI is InChI=1S/C14H18ClNO4/c1-14(2,3)20-12(18)8-16(4)13(19)9-5-6-11(17)10(15)7-9/h5-7,17H,8H2,1-4H3. The van der Waals surface area contributed by atoms with Gasteiger partial charge in [-0.2, -0.15) is 0 Å². The average molecular weight is 300 g/mol. The Morgan fingerprint density at radius 3 is 2.45 bits per heavy atom. The summed E-state index contributed by atoms with van der Waals surface area (Å²) in [6, 6.07) is 4.12. The van der Waals surface area contributed by atoms with Gasteiger partial charge < -0.3 is 14.7 Å². The molecule has 0 saturated heterocycles. The summed E-state index contributed by atoms with van der Waals surface area (Å²) in [6.07, 6.45) is 0. The van der Waals surface area contributed by atoms with E-state index in [0.29, 0.717) is 5.56 Å². The number of amides is 1. The van der Waals surface area contributed by atoms with Crippen molar-refractivity contribution in [2.75, 3.05) is 13.6 Å². The van der Waals surface area contributed by atoms with E-state index < -0.39 is 11.6 Å². The maximum Gasteiger partial charge on any atom is 0.326 e. The van der Waals surface area contributed by atoms with E-state index in [9.17, 15) is 14.7 Å². The maximum atomic E-state index is 12.1. The molecule has 1 N–H and O–H groups in total. The highest BCUT2D eigenvalue weighted by Gasteiger charge is 2.20. The van der Waals surface area contributed by atoms with Crippen molar-refractivity contribution in [1.29, 1.82) is 0 Å². The molecule has 0 aliphatic carbocycles. The van der Waals surface area contributed by atoms with Crippen LogP contribution >= 0.6 is 11.6 Å². The van der Waals surface area contributed by atoms with Crippen LogP contribution in [0, 0.1) is 0 Å². The summed E-state index contributed by atoms with van der Waals surface area (Å²) in [5.74, 6) is -0.964. The van der Waals surface area contributed by atoms with E-state index in [1.165, 1.54) is 30.1 Å². The Kier molecular flexibility index (Phi) is 5.00. The fraction of sp³-hybridized carbons (Fsp3) is 0.429. The lowest BCUT2D eigenvalue weighted by molar-refractivity contribution is -0.155. The number of hydrogen-bond acceptors (Lipinski definition) is 4. The Balaban J connectivity index is 2.72. The molecule has 0 unspecified atom stereocenters. The molecule has 0 bridgehead atoms. The molecule has 110 valence electrons. The van der Waals surface area contributed by atoms with Crippen molar-refractivity contribution in [2.45, 2.75) is 26.4 Å². The molecule has 0 atom stereocenters. The molecule has 0 saturated carbocycles. The van der Waals surface area contributed by atoms with E-state index in [2.05, 4.69) is 0 Å². The third-order valence-electron chi connectivity index (χ3n) is 2.33. The lowest BCUT2D eigenvalue weighted by atomic mass is 10.2. The number of halogens is 1. The first-order chi connectivity index (χ1) is 9.10. The Morgan fingerprint density at radius 1 is 1.35 bits per heavy atom. The summed E-state index contributed by atoms with van der Waals surface area (Å²) in [5.41, 5.74) is -0.304. The highest BCUT2D eigenvalue weighted by molar-refractivity contribution is 6.32. The zero-order valence-electron chi connectivity index (χ0n) is 11.9. The lowest BCUT2D eigenvalue weighted by Crippen LogP contribution is -2.36. The summed E-state index contributed by atoms with van der Waals surface area (Å²) < 4.78 is 5.14. The zero-order chi connectivity index (χ0) is 15.5. The van der Waals surface area contributed by atoms with Gasteiger partial charge in [0, 0.05) is 12.6 Å². The molecule has 0 aromatic heterocycles. The molecule has 0 aliphatic rings. The van der Waals surface area contributed by atoms with Gasteiger partial charge in [0.15, 0.2) is 0 Å². The van der Waals surface area contributed by atoms with Crippen LogP contribution in [0.15, 0.2) is 18.2 Å². The van der Waals surface area contributed by atoms with E-state index in [1.807, 2.05) is 0 Å². The van der Waals surface area contributed by atoms with Gasteiger partial charge in [-0.25, -0.2) is 0 Å². The molecule has 1 aromatic carbocycles. The number of likely N-dealkylation sites (N-methyl/N-ethyl adjacent to an activating group) is 1. The second-order valence-corrected chi connectivity index (χ2v) is 5.82. The number of ether oxygens (including phenoxy) is 1. The van der Waals surface area contributed by atoms with Crippen LogP contribution in [0.25, 0.3) is 0 Å². The third kappa shape index (κ3) is 4.74. The van der Waals surface area contributed by atoms with Crippen LogP contribution < -0.4 is 0 Å². The fourth-order valence-electron chi connectivity index (χ4n) is 1.50. The molecule has 0 heterocycles. The van der Waals surface area contributed by atoms with E-state index in [4.69, 9.17) is 16.3 Å². The largest absolute Gasteiger partial charge is 0.506 e. The molecule has 6 heteroatoms. The first-order valence-corrected chi connectivity index (χ1v) is 6.44. The van der Waals surface area contributed by atoms with Gasteiger partial charge in [-0.3, -0.25) is 9.59 Å². The number of hydrogen-bond donors (Lipinski definition) is 1. The van der Waals surface area contributed by atoms with Gasteiger partial charge in [0.05, 0.1) is 5.02 Å². The molecular formula is C14H18ClNO4. The van der Waals surface area contributed by atoms with Gasteiger partial charge in [-0.1, -0.05) is 11.6 Å². The van der Waals surface area contributed by atoms with Crippen molar-refractivity contribution in [1.82, 2.24) is 4.90 Å². The van der Waals surface area contributed by atoms with E-state index in [1.54, 1.807) is 20.8 Å². The van der Waals surface area contributed by atoms with Crippen molar-refractivity contribution in [3.8, 4) is 5.75 Å². The highest BCUT2D eigenvalue weighted by Crippen LogP contribution is 2.24. The number of carbonyl (C=O) groups excluding carboxylic acids is 2. The number of carbonyl (C=O) groups is 2. The van der Waals surface area contributed by atoms with E-state index in [-0.39, 0.29) is 23.2 Å². The summed E-state index contributed by atoms with van der Waals surface area (Å²) in [4.78, 5) is 25.0. The average Bonchev–Trinajstić information content (AvgIpc) is 2.29. The van der Waals surface area contributed by atoms with Crippen molar-refractivity contribution < 1.29 is 19.4 Å². The van der Waals surface area contributed by atoms with Gasteiger partial charge in [0.2, 0.25) is 0 Å². The van der Waals surface area contributed by atoms with Crippen LogP contribution in [0.4, 0.5) is 0 Å². The van der Waals surface area contributed by atoms with Gasteiger partial charge in [-0.05, 0) is 39.0 Å². The number of phenols is 1. The Hall–Kier alpha value is -1.75. The number of rotatable bonds is 3. The first-order valence-electron chi connectivity index (χ1n) is 6.06. The quantitative estimate of drug-likeness (QED) is 0.871. The summed E-state index contributed by atoms with van der Waals surface area (Å²) in [6.45, 7) is 5.11. The molecule has 0 spiro atoms. The summed E-state index contributed by atoms with van der Waals surface area (Å²) in [5, 5.41) is 9.39. The normalized spacial score (nSPS) is 11.1. The number of phenolic OH excluding ortho intramolecular Hbond substituents is 1. The Bertz CT molecular complexity index is 522. The van der Waals surface area contributed by atoms with Crippen LogP contribution in [0.5, 0.6) is 5.75 Å². The molecule has 1 amide bonds. The number of aromatic hydroxyl groups is 1. The van der Waals surface area contributed by atoms with Gasteiger partial charge in [0.1, 0.15) is 17.9 Å². The summed E-state index contributed by atoms with van der Waals surface area (Å²) in [7, 11) is 1.49. The zero-order valence-corrected chi connectivity index (χ0v) is 12.7. The SMILES string of the molecule is CN(CC(=O)OC(C)(C)C)C(=O)c1ccc(O)c(Cl)c1. The smallest absolute Gasteiger partial charge is 0.326 e. The summed E-state index contributed by atoms with van der Waals surface area (Å²) >= 11 is 5.74. The van der Waals surface area contributed by atoms with Crippen molar-refractivity contribution >= 4 is 23.5 Å². The number of nitrogens with zero attached hydrogens (tertiary/aromatic N) is 1. The molecular weight excluding hydrogens is 282 g/mol. The molecule has 20 heavy (non-hydrogen) atoms. The Morgan fingerprint density at radius 2 is 1.95 bits per heavy atom. The van der Waals surface area contributed by atoms with Crippen molar-refractivity contribution in [3.05, 3.63) is 28.8 Å². The predicted octanol–water partition coefficient (Wildman–Crippen LogP) is 2.46. The van der Waals surface area contributed by atoms with Crippen LogP contribution in [0.3, 0.4) is 0 Å². The van der Waals surface area contributed by atoms with Gasteiger partial charge in [0.25, 0.3) is 5.91 Å². The minimum atomic E-state index is -0.594. The highest BCUT2D eigenvalue weighted by atomic mass is 35.5. The lowest BCUT2D eigenvalue weighted by Gasteiger charge is -2.22. The van der Waals surface area contributed by atoms with Crippen LogP contribution in [0.2, 0.25) is 5.02 Å². The molecule has 0 radical (unpaired) electrons. The van der Waals surface area contributed by atoms with E-state index in [0.717, 1.165) is 0 Å². The molecule has 5 nitrogen and oxygen atoms in total. The fourth-order valence-corrected chi connectivity index (χ4v) is 1.68. The van der Waals surface area contributed by atoms with Gasteiger partial charge >= 0.3 is 5.97 Å². The minimum absolute atomic E-state index is 0.0847. The number of esters is 1. The van der Waals surface area contributed by atoms with Crippen molar-refractivity contribution in [2.24, 2.45) is 0 Å². The third-order valence-corrected chi connectivity index (χ3v) is 2.63. The van der Waals surface area contributed by atoms with Crippen molar-refractivity contribution in [3.63, 3.8) is 0 Å². The Labute approximate surface area is 123 Å². The second kappa shape index (κ2) is 6.13. The predicted molar refractivity (Wildman–Crippen MR) is 75.9 cm³/mol. The van der Waals surface area contributed by atoms with E-state index >= 15 is 0 Å². The van der Waals surface area contributed by atoms with Crippen LogP contribution in [0.1, 0.15) is 31.1 Å². The van der Waals surface area contributed by atoms with Crippen LogP contribution in [-0.4, -0.2) is 41.1 Å². The maximum absolute atomic E-state index is 12.1. The topological polar surface area (TPSA) is 66.8 Å². The molecule has 1 rings (SSSR count). The minimum Gasteiger partial charge on any atom is -0.506 e. The molecule has 0 aliphatic heterocycles. The van der Waals surface area contributed by atoms with Crippen LogP contribution in [-0.2, 0) is 9.53 Å². The first kappa shape index (κ1) is 16.3. The number of benzene rings is 1. The monoisotopic (exact) mass is 299 g/mol. The van der Waals surface area contributed by atoms with Gasteiger partial charge in [-0.15, -0.1) is 0 Å². The molecule has 0 fully saturated rings.